The normalized spacial score (nSPS) is 13.2. The number of hydrogen-bond acceptors (Lipinski definition) is 7. The van der Waals surface area contributed by atoms with E-state index in [2.05, 4.69) is 9.88 Å². The summed E-state index contributed by atoms with van der Waals surface area (Å²) in [6, 6.07) is 22.9. The molecule has 0 spiro atoms. The number of furan rings is 1. The predicted octanol–water partition coefficient (Wildman–Crippen LogP) is 6.44. The van der Waals surface area contributed by atoms with Crippen molar-refractivity contribution in [2.24, 2.45) is 0 Å². The van der Waals surface area contributed by atoms with Gasteiger partial charge in [-0.1, -0.05) is 42.5 Å². The fraction of sp³-hybridized carbons (Fsp3) is 0.243. The Morgan fingerprint density at radius 3 is 2.35 bits per heavy atom. The molecular weight excluding hydrogens is 585 g/mol. The van der Waals surface area contributed by atoms with Gasteiger partial charge in [-0.15, -0.1) is 0 Å². The molecule has 0 atom stereocenters. The summed E-state index contributed by atoms with van der Waals surface area (Å²) in [6.07, 6.45) is 1.99. The van der Waals surface area contributed by atoms with Crippen LogP contribution in [0.15, 0.2) is 89.5 Å². The van der Waals surface area contributed by atoms with Gasteiger partial charge in [-0.05, 0) is 72.5 Å². The van der Waals surface area contributed by atoms with Crippen molar-refractivity contribution in [2.75, 3.05) is 37.7 Å². The SMILES string of the molecule is CCOC(=O)c1ccccc1CC(=O)N1CCN(c2ccc(CC(=O)c3oc4ccc(-c5ccc(F)cc5)cc4c3C)cn2)CC1. The molecule has 3 aromatic carbocycles. The number of fused-ring (bicyclic) bond motifs is 1. The third-order valence-electron chi connectivity index (χ3n) is 8.35. The quantitative estimate of drug-likeness (QED) is 0.139. The lowest BCUT2D eigenvalue weighted by atomic mass is 10.0. The van der Waals surface area contributed by atoms with Crippen LogP contribution in [0, 0.1) is 12.7 Å². The standard InChI is InChI=1S/C37H34FN3O5/c1-3-45-37(44)30-7-5-4-6-28(30)22-35(43)41-18-16-40(17-19-41)34-15-8-25(23-39-34)20-32(42)36-24(2)31-21-27(11-14-33(31)46-36)26-9-12-29(38)13-10-26/h4-15,21,23H,3,16-20,22H2,1-2H3. The van der Waals surface area contributed by atoms with Crippen molar-refractivity contribution in [3.8, 4) is 11.1 Å². The zero-order valence-corrected chi connectivity index (χ0v) is 25.8. The van der Waals surface area contributed by atoms with E-state index >= 15 is 0 Å². The fourth-order valence-electron chi connectivity index (χ4n) is 5.82. The first kappa shape index (κ1) is 30.7. The summed E-state index contributed by atoms with van der Waals surface area (Å²) in [4.78, 5) is 47.2. The highest BCUT2D eigenvalue weighted by molar-refractivity contribution is 6.02. The monoisotopic (exact) mass is 619 g/mol. The third kappa shape index (κ3) is 6.54. The Hall–Kier alpha value is -5.31. The molecule has 8 nitrogen and oxygen atoms in total. The number of anilines is 1. The maximum atomic E-state index is 13.4. The van der Waals surface area contributed by atoms with Crippen molar-refractivity contribution in [1.29, 1.82) is 0 Å². The first-order valence-electron chi connectivity index (χ1n) is 15.4. The largest absolute Gasteiger partial charge is 0.462 e. The molecule has 1 amide bonds. The zero-order valence-electron chi connectivity index (χ0n) is 25.8. The number of amides is 1. The number of aromatic nitrogens is 1. The van der Waals surface area contributed by atoms with Crippen LogP contribution in [0.2, 0.25) is 0 Å². The lowest BCUT2D eigenvalue weighted by Crippen LogP contribution is -2.49. The van der Waals surface area contributed by atoms with E-state index in [0.29, 0.717) is 48.6 Å². The number of ether oxygens (including phenoxy) is 1. The van der Waals surface area contributed by atoms with Crippen LogP contribution >= 0.6 is 0 Å². The number of pyridine rings is 1. The smallest absolute Gasteiger partial charge is 0.338 e. The van der Waals surface area contributed by atoms with E-state index < -0.39 is 5.97 Å². The highest BCUT2D eigenvalue weighted by Gasteiger charge is 2.24. The molecule has 0 aliphatic carbocycles. The Labute approximate surface area is 266 Å². The summed E-state index contributed by atoms with van der Waals surface area (Å²) in [5.41, 5.74) is 5.05. The van der Waals surface area contributed by atoms with E-state index in [9.17, 15) is 18.8 Å². The number of benzene rings is 3. The van der Waals surface area contributed by atoms with E-state index in [4.69, 9.17) is 9.15 Å². The summed E-state index contributed by atoms with van der Waals surface area (Å²) in [5.74, 6) is 0.220. The van der Waals surface area contributed by atoms with Crippen molar-refractivity contribution in [3.05, 3.63) is 119 Å². The topological polar surface area (TPSA) is 93.0 Å². The van der Waals surface area contributed by atoms with Gasteiger partial charge in [0.2, 0.25) is 11.7 Å². The molecule has 234 valence electrons. The summed E-state index contributed by atoms with van der Waals surface area (Å²) in [5, 5.41) is 0.847. The highest BCUT2D eigenvalue weighted by atomic mass is 19.1. The van der Waals surface area contributed by atoms with E-state index in [-0.39, 0.29) is 37.0 Å². The Morgan fingerprint density at radius 2 is 1.63 bits per heavy atom. The van der Waals surface area contributed by atoms with Crippen LogP contribution in [-0.4, -0.2) is 60.3 Å². The van der Waals surface area contributed by atoms with Gasteiger partial charge in [0.15, 0.2) is 5.76 Å². The molecule has 9 heteroatoms. The van der Waals surface area contributed by atoms with Crippen LogP contribution in [0.1, 0.15) is 44.5 Å². The van der Waals surface area contributed by atoms with Gasteiger partial charge in [-0.25, -0.2) is 14.2 Å². The zero-order chi connectivity index (χ0) is 32.2. The first-order valence-corrected chi connectivity index (χ1v) is 15.4. The summed E-state index contributed by atoms with van der Waals surface area (Å²) < 4.78 is 24.5. The summed E-state index contributed by atoms with van der Waals surface area (Å²) in [6.45, 7) is 6.22. The molecule has 0 unspecified atom stereocenters. The number of hydrogen-bond donors (Lipinski definition) is 0. The number of piperazine rings is 1. The number of carbonyl (C=O) groups is 3. The molecule has 1 fully saturated rings. The molecule has 0 saturated carbocycles. The summed E-state index contributed by atoms with van der Waals surface area (Å²) >= 11 is 0. The van der Waals surface area contributed by atoms with Crippen LogP contribution in [-0.2, 0) is 22.4 Å². The average Bonchev–Trinajstić information content (AvgIpc) is 3.41. The highest BCUT2D eigenvalue weighted by Crippen LogP contribution is 2.31. The number of ketones is 1. The van der Waals surface area contributed by atoms with E-state index in [1.165, 1.54) is 12.1 Å². The average molecular weight is 620 g/mol. The van der Waals surface area contributed by atoms with E-state index in [1.54, 1.807) is 43.5 Å². The molecule has 1 aliphatic rings. The lowest BCUT2D eigenvalue weighted by molar-refractivity contribution is -0.130. The second-order valence-corrected chi connectivity index (χ2v) is 11.3. The van der Waals surface area contributed by atoms with E-state index in [0.717, 1.165) is 33.5 Å². The Morgan fingerprint density at radius 1 is 0.891 bits per heavy atom. The van der Waals surface area contributed by atoms with Crippen LogP contribution < -0.4 is 4.90 Å². The van der Waals surface area contributed by atoms with Gasteiger partial charge in [0, 0.05) is 49.7 Å². The number of nitrogens with zero attached hydrogens (tertiary/aromatic N) is 3. The molecule has 1 aliphatic heterocycles. The van der Waals surface area contributed by atoms with Crippen molar-refractivity contribution in [2.45, 2.75) is 26.7 Å². The fourth-order valence-corrected chi connectivity index (χ4v) is 5.82. The number of rotatable bonds is 9. The van der Waals surface area contributed by atoms with Crippen LogP contribution in [0.5, 0.6) is 0 Å². The first-order chi connectivity index (χ1) is 22.3. The maximum absolute atomic E-state index is 13.4. The van der Waals surface area contributed by atoms with Gasteiger partial charge >= 0.3 is 5.97 Å². The Balaban J connectivity index is 1.06. The van der Waals surface area contributed by atoms with Crippen molar-refractivity contribution >= 4 is 34.4 Å². The minimum Gasteiger partial charge on any atom is -0.462 e. The van der Waals surface area contributed by atoms with Crippen molar-refractivity contribution < 1.29 is 27.9 Å². The lowest BCUT2D eigenvalue weighted by Gasteiger charge is -2.35. The van der Waals surface area contributed by atoms with Gasteiger partial charge in [-0.3, -0.25) is 9.59 Å². The molecule has 0 bridgehead atoms. The summed E-state index contributed by atoms with van der Waals surface area (Å²) in [7, 11) is 0. The van der Waals surface area contributed by atoms with Gasteiger partial charge in [0.25, 0.3) is 0 Å². The molecule has 46 heavy (non-hydrogen) atoms. The van der Waals surface area contributed by atoms with Crippen LogP contribution in [0.3, 0.4) is 0 Å². The number of halogens is 1. The predicted molar refractivity (Wildman–Crippen MR) is 174 cm³/mol. The molecular formula is C37H34FN3O5. The van der Waals surface area contributed by atoms with Crippen LogP contribution in [0.25, 0.3) is 22.1 Å². The minimum atomic E-state index is -0.420. The number of esters is 1. The van der Waals surface area contributed by atoms with E-state index in [1.807, 2.05) is 48.2 Å². The number of aryl methyl sites for hydroxylation is 1. The number of Topliss-reactive ketones (excluding diaryl/α,β-unsaturated/α-hetero) is 1. The second kappa shape index (κ2) is 13.4. The van der Waals surface area contributed by atoms with Gasteiger partial charge < -0.3 is 19.0 Å². The van der Waals surface area contributed by atoms with Crippen molar-refractivity contribution in [1.82, 2.24) is 9.88 Å². The Kier molecular flexibility index (Phi) is 8.92. The molecule has 0 N–H and O–H groups in total. The van der Waals surface area contributed by atoms with Gasteiger partial charge in [0.05, 0.1) is 18.6 Å². The van der Waals surface area contributed by atoms with Crippen molar-refractivity contribution in [3.63, 3.8) is 0 Å². The molecule has 6 rings (SSSR count). The van der Waals surface area contributed by atoms with Crippen LogP contribution in [0.4, 0.5) is 10.2 Å². The molecule has 1 saturated heterocycles. The number of carbonyl (C=O) groups excluding carboxylic acids is 3. The van der Waals surface area contributed by atoms with Gasteiger partial charge in [-0.2, -0.15) is 0 Å². The molecule has 5 aromatic rings. The molecule has 2 aromatic heterocycles. The molecule has 0 radical (unpaired) electrons. The molecule has 3 heterocycles. The maximum Gasteiger partial charge on any atom is 0.338 e. The Bertz CT molecular complexity index is 1890. The van der Waals surface area contributed by atoms with Gasteiger partial charge in [0.1, 0.15) is 17.2 Å². The second-order valence-electron chi connectivity index (χ2n) is 11.3. The minimum absolute atomic E-state index is 0.0363. The third-order valence-corrected chi connectivity index (χ3v) is 8.35.